The van der Waals surface area contributed by atoms with E-state index in [0.29, 0.717) is 27.2 Å². The summed E-state index contributed by atoms with van der Waals surface area (Å²) in [6.07, 6.45) is 4.69. The second kappa shape index (κ2) is 11.1. The molecule has 2 aromatic carbocycles. The number of nitrogens with zero attached hydrogens (tertiary/aromatic N) is 1. The average Bonchev–Trinajstić information content (AvgIpc) is 2.98. The molecular weight excluding hydrogens is 504 g/mol. The van der Waals surface area contributed by atoms with Gasteiger partial charge in [0, 0.05) is 28.1 Å². The second-order valence-corrected chi connectivity index (χ2v) is 9.78. The van der Waals surface area contributed by atoms with E-state index in [1.807, 2.05) is 42.5 Å². The third-order valence-electron chi connectivity index (χ3n) is 4.45. The predicted molar refractivity (Wildman–Crippen MR) is 133 cm³/mol. The summed E-state index contributed by atoms with van der Waals surface area (Å²) in [5.41, 5.74) is 1.70. The van der Waals surface area contributed by atoms with Crippen molar-refractivity contribution < 1.29 is 9.59 Å². The highest BCUT2D eigenvalue weighted by molar-refractivity contribution is 9.10. The number of anilines is 1. The number of unbranched alkanes of at least 4 members (excludes halogenated alkanes) is 2. The minimum atomic E-state index is -0.0621. The van der Waals surface area contributed by atoms with E-state index in [-0.39, 0.29) is 11.8 Å². The lowest BCUT2D eigenvalue weighted by atomic mass is 10.1. The second-order valence-electron chi connectivity index (χ2n) is 6.75. The first-order chi connectivity index (χ1) is 14.4. The van der Waals surface area contributed by atoms with E-state index < -0.39 is 0 Å². The molecule has 1 aliphatic heterocycles. The lowest BCUT2D eigenvalue weighted by molar-refractivity contribution is -0.122. The smallest absolute Gasteiger partial charge is 0.266 e. The van der Waals surface area contributed by atoms with E-state index in [0.717, 1.165) is 35.0 Å². The van der Waals surface area contributed by atoms with Crippen LogP contribution in [0.3, 0.4) is 0 Å². The molecule has 0 spiro atoms. The van der Waals surface area contributed by atoms with Crippen molar-refractivity contribution in [1.82, 2.24) is 4.90 Å². The Morgan fingerprint density at radius 3 is 2.50 bits per heavy atom. The van der Waals surface area contributed by atoms with Gasteiger partial charge >= 0.3 is 0 Å². The summed E-state index contributed by atoms with van der Waals surface area (Å²) in [4.78, 5) is 26.9. The van der Waals surface area contributed by atoms with Crippen LogP contribution in [-0.2, 0) is 9.59 Å². The zero-order valence-corrected chi connectivity index (χ0v) is 20.0. The number of amides is 2. The fourth-order valence-corrected chi connectivity index (χ4v) is 4.59. The van der Waals surface area contributed by atoms with Crippen molar-refractivity contribution in [2.45, 2.75) is 25.7 Å². The lowest BCUT2D eigenvalue weighted by Gasteiger charge is -2.14. The molecule has 0 aromatic heterocycles. The van der Waals surface area contributed by atoms with Crippen molar-refractivity contribution in [2.75, 3.05) is 11.9 Å². The van der Waals surface area contributed by atoms with Gasteiger partial charge in [0.15, 0.2) is 0 Å². The summed E-state index contributed by atoms with van der Waals surface area (Å²) in [6.45, 7) is 0.566. The standard InChI is InChI=1S/C22H20BrClN2O2S2/c23-16-7-11-18(12-8-16)25-20(27)4-2-1-3-13-26-21(28)19(30-22(26)29)14-15-5-9-17(24)10-6-15/h5-12,14H,1-4,13H2,(H,25,27). The quantitative estimate of drug-likeness (QED) is 0.244. The van der Waals surface area contributed by atoms with Crippen LogP contribution in [0.15, 0.2) is 57.9 Å². The zero-order chi connectivity index (χ0) is 21.5. The van der Waals surface area contributed by atoms with Gasteiger partial charge in [-0.25, -0.2) is 0 Å². The summed E-state index contributed by atoms with van der Waals surface area (Å²) in [5, 5.41) is 3.54. The maximum absolute atomic E-state index is 12.6. The van der Waals surface area contributed by atoms with Gasteiger partial charge in [0.2, 0.25) is 5.91 Å². The van der Waals surface area contributed by atoms with Crippen molar-refractivity contribution in [3.05, 3.63) is 68.5 Å². The van der Waals surface area contributed by atoms with Gasteiger partial charge in [-0.1, -0.05) is 70.1 Å². The molecule has 0 aliphatic carbocycles. The van der Waals surface area contributed by atoms with Gasteiger partial charge in [-0.05, 0) is 60.9 Å². The third kappa shape index (κ3) is 6.67. The van der Waals surface area contributed by atoms with Crippen LogP contribution in [0.2, 0.25) is 5.02 Å². The van der Waals surface area contributed by atoms with Crippen LogP contribution in [0.1, 0.15) is 31.2 Å². The number of hydrogen-bond donors (Lipinski definition) is 1. The molecule has 1 aliphatic rings. The molecule has 3 rings (SSSR count). The van der Waals surface area contributed by atoms with Crippen LogP contribution in [0, 0.1) is 0 Å². The number of nitrogens with one attached hydrogen (secondary N) is 1. The number of halogens is 2. The third-order valence-corrected chi connectivity index (χ3v) is 6.61. The highest BCUT2D eigenvalue weighted by atomic mass is 79.9. The van der Waals surface area contributed by atoms with Crippen LogP contribution in [0.5, 0.6) is 0 Å². The van der Waals surface area contributed by atoms with Crippen LogP contribution in [-0.4, -0.2) is 27.6 Å². The Kier molecular flexibility index (Phi) is 8.50. The predicted octanol–water partition coefficient (Wildman–Crippen LogP) is 6.50. The number of thioether (sulfide) groups is 1. The number of rotatable bonds is 8. The lowest BCUT2D eigenvalue weighted by Crippen LogP contribution is -2.29. The molecule has 156 valence electrons. The summed E-state index contributed by atoms with van der Waals surface area (Å²) < 4.78 is 1.55. The van der Waals surface area contributed by atoms with E-state index in [4.69, 9.17) is 23.8 Å². The van der Waals surface area contributed by atoms with Crippen LogP contribution >= 0.6 is 51.5 Å². The van der Waals surface area contributed by atoms with E-state index >= 15 is 0 Å². The van der Waals surface area contributed by atoms with Crippen LogP contribution < -0.4 is 5.32 Å². The van der Waals surface area contributed by atoms with Gasteiger partial charge < -0.3 is 5.32 Å². The molecule has 1 saturated heterocycles. The first kappa shape index (κ1) is 23.0. The first-order valence-electron chi connectivity index (χ1n) is 9.49. The van der Waals surface area contributed by atoms with E-state index in [1.54, 1.807) is 17.0 Å². The molecule has 8 heteroatoms. The summed E-state index contributed by atoms with van der Waals surface area (Å²) >= 11 is 16.0. The minimum Gasteiger partial charge on any atom is -0.326 e. The molecule has 0 radical (unpaired) electrons. The Hall–Kier alpha value is -1.67. The molecule has 2 amide bonds. The van der Waals surface area contributed by atoms with E-state index in [9.17, 15) is 9.59 Å². The maximum Gasteiger partial charge on any atom is 0.266 e. The number of carbonyl (C=O) groups excluding carboxylic acids is 2. The Bertz CT molecular complexity index is 962. The number of benzene rings is 2. The molecule has 0 bridgehead atoms. The molecule has 0 atom stereocenters. The maximum atomic E-state index is 12.6. The highest BCUT2D eigenvalue weighted by Gasteiger charge is 2.31. The molecule has 1 fully saturated rings. The number of thiocarbonyl (C=S) groups is 1. The van der Waals surface area contributed by atoms with Crippen molar-refractivity contribution >= 4 is 79.4 Å². The SMILES string of the molecule is O=C(CCCCCN1C(=O)C(=Cc2ccc(Cl)cc2)SC1=S)Nc1ccc(Br)cc1. The van der Waals surface area contributed by atoms with Crippen LogP contribution in [0.4, 0.5) is 5.69 Å². The topological polar surface area (TPSA) is 49.4 Å². The van der Waals surface area contributed by atoms with E-state index in [1.165, 1.54) is 11.8 Å². The van der Waals surface area contributed by atoms with Gasteiger partial charge in [0.1, 0.15) is 4.32 Å². The summed E-state index contributed by atoms with van der Waals surface area (Å²) in [5.74, 6) is -0.0678. The molecule has 30 heavy (non-hydrogen) atoms. The number of hydrogen-bond acceptors (Lipinski definition) is 4. The van der Waals surface area contributed by atoms with Gasteiger partial charge in [-0.3, -0.25) is 14.5 Å². The Balaban J connectivity index is 1.40. The van der Waals surface area contributed by atoms with Gasteiger partial charge in [0.05, 0.1) is 4.91 Å². The normalized spacial score (nSPS) is 15.1. The van der Waals surface area contributed by atoms with Gasteiger partial charge in [-0.15, -0.1) is 0 Å². The van der Waals surface area contributed by atoms with Crippen molar-refractivity contribution in [3.63, 3.8) is 0 Å². The molecular formula is C22H20BrClN2O2S2. The fraction of sp³-hybridized carbons (Fsp3) is 0.227. The molecule has 0 unspecified atom stereocenters. The highest BCUT2D eigenvalue weighted by Crippen LogP contribution is 2.33. The molecule has 1 N–H and O–H groups in total. The van der Waals surface area contributed by atoms with Crippen molar-refractivity contribution in [2.24, 2.45) is 0 Å². The van der Waals surface area contributed by atoms with E-state index in [2.05, 4.69) is 21.2 Å². The van der Waals surface area contributed by atoms with Gasteiger partial charge in [-0.2, -0.15) is 0 Å². The number of carbonyl (C=O) groups is 2. The fourth-order valence-electron chi connectivity index (χ4n) is 2.89. The zero-order valence-electron chi connectivity index (χ0n) is 16.1. The molecule has 1 heterocycles. The van der Waals surface area contributed by atoms with Gasteiger partial charge in [0.25, 0.3) is 5.91 Å². The molecule has 2 aromatic rings. The van der Waals surface area contributed by atoms with Crippen molar-refractivity contribution in [3.8, 4) is 0 Å². The largest absolute Gasteiger partial charge is 0.326 e. The van der Waals surface area contributed by atoms with Crippen LogP contribution in [0.25, 0.3) is 6.08 Å². The monoisotopic (exact) mass is 522 g/mol. The minimum absolute atomic E-state index is 0.00571. The Labute approximate surface area is 199 Å². The summed E-state index contributed by atoms with van der Waals surface area (Å²) in [7, 11) is 0. The Morgan fingerprint density at radius 2 is 1.80 bits per heavy atom. The average molecular weight is 524 g/mol. The first-order valence-corrected chi connectivity index (χ1v) is 11.9. The molecule has 4 nitrogen and oxygen atoms in total. The Morgan fingerprint density at radius 1 is 1.10 bits per heavy atom. The molecule has 0 saturated carbocycles. The van der Waals surface area contributed by atoms with Crippen molar-refractivity contribution in [1.29, 1.82) is 0 Å². The summed E-state index contributed by atoms with van der Waals surface area (Å²) in [6, 6.07) is 14.8.